The molecule has 0 unspecified atom stereocenters. The van der Waals surface area contributed by atoms with Crippen LogP contribution in [0, 0.1) is 0 Å². The first kappa shape index (κ1) is 23.0. The number of benzene rings is 4. The van der Waals surface area contributed by atoms with Gasteiger partial charge in [-0.05, 0) is 72.2 Å². The normalized spacial score (nSPS) is 14.0. The summed E-state index contributed by atoms with van der Waals surface area (Å²) in [6.07, 6.45) is 3.59. The Kier molecular flexibility index (Phi) is 7.24. The number of amides is 1. The van der Waals surface area contributed by atoms with Gasteiger partial charge in [0.2, 0.25) is 0 Å². The molecule has 0 radical (unpaired) electrons. The van der Waals surface area contributed by atoms with Crippen molar-refractivity contribution in [2.75, 3.05) is 6.61 Å². The van der Waals surface area contributed by atoms with Crippen molar-refractivity contribution in [3.63, 3.8) is 0 Å². The predicted octanol–water partition coefficient (Wildman–Crippen LogP) is 7.34. The molecule has 1 aliphatic rings. The molecule has 5 heteroatoms. The smallest absolute Gasteiger partial charge is 0.303 e. The minimum atomic E-state index is -2.08. The largest absolute Gasteiger partial charge is 0.493 e. The first-order valence-electron chi connectivity index (χ1n) is 14.2. The van der Waals surface area contributed by atoms with Gasteiger partial charge in [-0.3, -0.25) is 9.59 Å². The number of fused-ring (bicyclic) bond motifs is 1. The number of unbranched alkanes of at least 4 members (excludes halogenated alkanes) is 2. The third-order valence-corrected chi connectivity index (χ3v) is 6.78. The Bertz CT molecular complexity index is 1490. The zero-order valence-corrected chi connectivity index (χ0v) is 21.3. The van der Waals surface area contributed by atoms with Crippen LogP contribution in [-0.2, 0) is 11.3 Å². The van der Waals surface area contributed by atoms with Crippen molar-refractivity contribution in [1.82, 2.24) is 4.90 Å². The Labute approximate surface area is 226 Å². The molecule has 1 fully saturated rings. The molecule has 1 aliphatic carbocycles. The summed E-state index contributed by atoms with van der Waals surface area (Å²) in [5, 5.41) is 11.1. The zero-order chi connectivity index (χ0) is 28.1. The molecule has 0 saturated heterocycles. The molecular formula is C33H33NO4. The first-order chi connectivity index (χ1) is 19.4. The highest BCUT2D eigenvalue weighted by atomic mass is 16.5. The standard InChI is InChI=1S/C33H33NO4/c35-32(36)15-2-1-7-22-38-31-14-6-4-10-27(31)23-34(28-20-21-28)33(37)26-18-16-25(17-19-26)30-13-8-11-24-9-3-5-12-29(24)30/h3-6,8-14,16-19,28H,1-2,7,15,20-23H2,(H,35,36)/i23D2. The third kappa shape index (κ3) is 6.23. The van der Waals surface area contributed by atoms with Crippen molar-refractivity contribution >= 4 is 22.6 Å². The topological polar surface area (TPSA) is 66.8 Å². The molecule has 0 atom stereocenters. The van der Waals surface area contributed by atoms with Crippen molar-refractivity contribution in [1.29, 1.82) is 0 Å². The van der Waals surface area contributed by atoms with Crippen molar-refractivity contribution < 1.29 is 22.2 Å². The molecule has 0 aliphatic heterocycles. The Morgan fingerprint density at radius 2 is 1.61 bits per heavy atom. The van der Waals surface area contributed by atoms with Gasteiger partial charge in [0.15, 0.2) is 0 Å². The Hall–Kier alpha value is -4.12. The summed E-state index contributed by atoms with van der Waals surface area (Å²) in [6, 6.07) is 28.5. The number of hydrogen-bond acceptors (Lipinski definition) is 3. The van der Waals surface area contributed by atoms with Gasteiger partial charge < -0.3 is 14.7 Å². The van der Waals surface area contributed by atoms with Gasteiger partial charge in [-0.15, -0.1) is 0 Å². The van der Waals surface area contributed by atoms with Crippen LogP contribution in [0.4, 0.5) is 0 Å². The fourth-order valence-electron chi connectivity index (χ4n) is 4.60. The van der Waals surface area contributed by atoms with Crippen LogP contribution in [0.5, 0.6) is 5.75 Å². The molecule has 0 aromatic heterocycles. The van der Waals surface area contributed by atoms with Crippen LogP contribution in [0.25, 0.3) is 21.9 Å². The van der Waals surface area contributed by atoms with Crippen molar-refractivity contribution in [2.24, 2.45) is 0 Å². The number of nitrogens with zero attached hydrogens (tertiary/aromatic N) is 1. The van der Waals surface area contributed by atoms with Crippen molar-refractivity contribution in [3.8, 4) is 16.9 Å². The summed E-state index contributed by atoms with van der Waals surface area (Å²) in [7, 11) is 0. The highest BCUT2D eigenvalue weighted by Crippen LogP contribution is 2.33. The number of para-hydroxylation sites is 1. The quantitative estimate of drug-likeness (QED) is 0.203. The predicted molar refractivity (Wildman–Crippen MR) is 150 cm³/mol. The average molecular weight is 510 g/mol. The van der Waals surface area contributed by atoms with E-state index in [0.29, 0.717) is 42.7 Å². The van der Waals surface area contributed by atoms with Gasteiger partial charge >= 0.3 is 5.97 Å². The molecule has 1 amide bonds. The lowest BCUT2D eigenvalue weighted by atomic mass is 9.97. The maximum Gasteiger partial charge on any atom is 0.303 e. The maximum absolute atomic E-state index is 13.8. The molecule has 194 valence electrons. The van der Waals surface area contributed by atoms with E-state index in [0.717, 1.165) is 34.7 Å². The van der Waals surface area contributed by atoms with Gasteiger partial charge in [0.05, 0.1) is 9.35 Å². The van der Waals surface area contributed by atoms with Gasteiger partial charge in [-0.2, -0.15) is 0 Å². The number of carbonyl (C=O) groups is 2. The minimum Gasteiger partial charge on any atom is -0.493 e. The number of ether oxygens (including phenoxy) is 1. The highest BCUT2D eigenvalue weighted by molar-refractivity contribution is 5.98. The molecule has 0 spiro atoms. The molecule has 1 saturated carbocycles. The molecule has 4 aromatic rings. The number of rotatable bonds is 12. The fraction of sp³-hybridized carbons (Fsp3) is 0.273. The van der Waals surface area contributed by atoms with E-state index < -0.39 is 12.5 Å². The number of carboxylic acids is 1. The molecule has 0 heterocycles. The summed E-state index contributed by atoms with van der Waals surface area (Å²) in [6.45, 7) is -1.73. The van der Waals surface area contributed by atoms with Crippen LogP contribution >= 0.6 is 0 Å². The minimum absolute atomic E-state index is 0.126. The second kappa shape index (κ2) is 12.0. The Morgan fingerprint density at radius 1 is 0.868 bits per heavy atom. The molecule has 5 rings (SSSR count). The summed E-state index contributed by atoms with van der Waals surface area (Å²) in [5.74, 6) is -0.761. The highest BCUT2D eigenvalue weighted by Gasteiger charge is 2.33. The van der Waals surface area contributed by atoms with Gasteiger partial charge in [-0.1, -0.05) is 72.8 Å². The second-order valence-electron chi connectivity index (χ2n) is 9.67. The number of carboxylic acid groups (broad SMARTS) is 1. The first-order valence-corrected chi connectivity index (χ1v) is 13.2. The van der Waals surface area contributed by atoms with E-state index in [4.69, 9.17) is 12.6 Å². The summed E-state index contributed by atoms with van der Waals surface area (Å²) in [5.41, 5.74) is 2.83. The monoisotopic (exact) mass is 509 g/mol. The van der Waals surface area contributed by atoms with Crippen LogP contribution in [-0.4, -0.2) is 34.5 Å². The molecule has 4 aromatic carbocycles. The lowest BCUT2D eigenvalue weighted by Gasteiger charge is -2.24. The van der Waals surface area contributed by atoms with E-state index in [-0.39, 0.29) is 18.4 Å². The third-order valence-electron chi connectivity index (χ3n) is 6.78. The SMILES string of the molecule is [2H]C([2H])(c1ccccc1OCCCCCC(=O)O)N(C(=O)c1ccc(-c2cccc3ccccc23)cc1)C1CC1. The molecule has 38 heavy (non-hydrogen) atoms. The van der Waals surface area contributed by atoms with E-state index in [9.17, 15) is 9.59 Å². The lowest BCUT2D eigenvalue weighted by molar-refractivity contribution is -0.137. The average Bonchev–Trinajstić information content (AvgIpc) is 3.79. The van der Waals surface area contributed by atoms with Crippen molar-refractivity contribution in [3.05, 3.63) is 102 Å². The lowest BCUT2D eigenvalue weighted by Crippen LogP contribution is -2.32. The molecule has 5 nitrogen and oxygen atoms in total. The number of aliphatic carboxylic acids is 1. The van der Waals surface area contributed by atoms with E-state index >= 15 is 0 Å². The van der Waals surface area contributed by atoms with Gasteiger partial charge in [0, 0.05) is 30.1 Å². The zero-order valence-electron chi connectivity index (χ0n) is 23.3. The van der Waals surface area contributed by atoms with Crippen LogP contribution in [0.2, 0.25) is 0 Å². The van der Waals surface area contributed by atoms with Gasteiger partial charge in [0.25, 0.3) is 5.91 Å². The molecular weight excluding hydrogens is 474 g/mol. The van der Waals surface area contributed by atoms with Crippen LogP contribution in [0.15, 0.2) is 91.0 Å². The Balaban J connectivity index is 1.35. The maximum atomic E-state index is 13.8. The van der Waals surface area contributed by atoms with Crippen LogP contribution < -0.4 is 4.74 Å². The van der Waals surface area contributed by atoms with E-state index in [2.05, 4.69) is 24.3 Å². The van der Waals surface area contributed by atoms with Gasteiger partial charge in [0.1, 0.15) is 5.75 Å². The van der Waals surface area contributed by atoms with Crippen LogP contribution in [0.1, 0.15) is 57.2 Å². The van der Waals surface area contributed by atoms with E-state index in [1.54, 1.807) is 36.4 Å². The molecule has 0 bridgehead atoms. The number of carbonyl (C=O) groups excluding carboxylic acids is 1. The summed E-state index contributed by atoms with van der Waals surface area (Å²) < 4.78 is 24.1. The summed E-state index contributed by atoms with van der Waals surface area (Å²) in [4.78, 5) is 25.9. The fourth-order valence-corrected chi connectivity index (χ4v) is 4.60. The Morgan fingerprint density at radius 3 is 2.39 bits per heavy atom. The summed E-state index contributed by atoms with van der Waals surface area (Å²) >= 11 is 0. The van der Waals surface area contributed by atoms with E-state index in [1.807, 2.05) is 30.3 Å². The van der Waals surface area contributed by atoms with Gasteiger partial charge in [-0.25, -0.2) is 0 Å². The second-order valence-corrected chi connectivity index (χ2v) is 9.67. The van der Waals surface area contributed by atoms with Crippen LogP contribution in [0.3, 0.4) is 0 Å². The van der Waals surface area contributed by atoms with E-state index in [1.165, 1.54) is 4.90 Å². The number of hydrogen-bond donors (Lipinski definition) is 1. The van der Waals surface area contributed by atoms with Crippen molar-refractivity contribution in [2.45, 2.75) is 51.1 Å². The molecule has 1 N–H and O–H groups in total.